The van der Waals surface area contributed by atoms with Crippen molar-refractivity contribution >= 4 is 0 Å². The SMILES string of the molecule is CC(C)OCCCNCCn1nc2n(c1=O)CCCC2. The van der Waals surface area contributed by atoms with Crippen molar-refractivity contribution in [2.45, 2.75) is 58.7 Å². The van der Waals surface area contributed by atoms with E-state index in [0.717, 1.165) is 57.7 Å². The van der Waals surface area contributed by atoms with E-state index < -0.39 is 0 Å². The lowest BCUT2D eigenvalue weighted by molar-refractivity contribution is 0.0771. The quantitative estimate of drug-likeness (QED) is 0.716. The Kier molecular flexibility index (Phi) is 5.79. The molecule has 1 aromatic heterocycles. The third-order valence-corrected chi connectivity index (χ3v) is 3.48. The second-order valence-electron chi connectivity index (χ2n) is 5.55. The molecule has 2 heterocycles. The van der Waals surface area contributed by atoms with Crippen LogP contribution in [0.1, 0.15) is 38.9 Å². The number of aromatic nitrogens is 3. The maximum absolute atomic E-state index is 12.1. The van der Waals surface area contributed by atoms with Crippen LogP contribution in [-0.2, 0) is 24.2 Å². The fraction of sp³-hybridized carbons (Fsp3) is 0.857. The average molecular weight is 282 g/mol. The maximum atomic E-state index is 12.1. The monoisotopic (exact) mass is 282 g/mol. The molecule has 0 saturated carbocycles. The first-order valence-electron chi connectivity index (χ1n) is 7.67. The van der Waals surface area contributed by atoms with Gasteiger partial charge in [-0.15, -0.1) is 0 Å². The lowest BCUT2D eigenvalue weighted by Gasteiger charge is -2.09. The number of fused-ring (bicyclic) bond motifs is 1. The number of hydrogen-bond acceptors (Lipinski definition) is 4. The fourth-order valence-electron chi connectivity index (χ4n) is 2.42. The van der Waals surface area contributed by atoms with E-state index in [2.05, 4.69) is 10.4 Å². The summed E-state index contributed by atoms with van der Waals surface area (Å²) in [6, 6.07) is 0. The van der Waals surface area contributed by atoms with Crippen LogP contribution in [0.15, 0.2) is 4.79 Å². The van der Waals surface area contributed by atoms with Crippen molar-refractivity contribution in [1.82, 2.24) is 19.7 Å². The highest BCUT2D eigenvalue weighted by molar-refractivity contribution is 4.91. The van der Waals surface area contributed by atoms with Gasteiger partial charge in [-0.3, -0.25) is 4.57 Å². The second kappa shape index (κ2) is 7.59. The predicted octanol–water partition coefficient (Wildman–Crippen LogP) is 0.786. The van der Waals surface area contributed by atoms with Crippen molar-refractivity contribution in [3.05, 3.63) is 16.3 Å². The molecule has 1 aliphatic heterocycles. The van der Waals surface area contributed by atoms with Gasteiger partial charge in [0.1, 0.15) is 5.82 Å². The van der Waals surface area contributed by atoms with Crippen LogP contribution in [0.5, 0.6) is 0 Å². The second-order valence-corrected chi connectivity index (χ2v) is 5.55. The zero-order valence-electron chi connectivity index (χ0n) is 12.6. The van der Waals surface area contributed by atoms with E-state index >= 15 is 0 Å². The van der Waals surface area contributed by atoms with Crippen LogP contribution in [0.25, 0.3) is 0 Å². The highest BCUT2D eigenvalue weighted by Crippen LogP contribution is 2.08. The first-order chi connectivity index (χ1) is 9.68. The van der Waals surface area contributed by atoms with Crippen molar-refractivity contribution in [2.24, 2.45) is 0 Å². The van der Waals surface area contributed by atoms with E-state index in [4.69, 9.17) is 4.74 Å². The third kappa shape index (κ3) is 4.18. The van der Waals surface area contributed by atoms with Crippen LogP contribution in [0.3, 0.4) is 0 Å². The molecule has 0 aliphatic carbocycles. The maximum Gasteiger partial charge on any atom is 0.345 e. The molecule has 1 aliphatic rings. The molecule has 0 spiro atoms. The zero-order chi connectivity index (χ0) is 14.4. The van der Waals surface area contributed by atoms with Gasteiger partial charge in [-0.25, -0.2) is 9.48 Å². The van der Waals surface area contributed by atoms with E-state index in [0.29, 0.717) is 12.6 Å². The van der Waals surface area contributed by atoms with Gasteiger partial charge in [0.15, 0.2) is 0 Å². The predicted molar refractivity (Wildman–Crippen MR) is 78.0 cm³/mol. The molecule has 0 radical (unpaired) electrons. The fourth-order valence-corrected chi connectivity index (χ4v) is 2.42. The Morgan fingerprint density at radius 3 is 2.95 bits per heavy atom. The third-order valence-electron chi connectivity index (χ3n) is 3.48. The highest BCUT2D eigenvalue weighted by atomic mass is 16.5. The van der Waals surface area contributed by atoms with Crippen LogP contribution >= 0.6 is 0 Å². The smallest absolute Gasteiger partial charge is 0.345 e. The van der Waals surface area contributed by atoms with Crippen LogP contribution in [0, 0.1) is 0 Å². The number of nitrogens with zero attached hydrogens (tertiary/aromatic N) is 3. The van der Waals surface area contributed by atoms with Gasteiger partial charge < -0.3 is 10.1 Å². The van der Waals surface area contributed by atoms with E-state index in [1.165, 1.54) is 0 Å². The van der Waals surface area contributed by atoms with Gasteiger partial charge in [0.2, 0.25) is 0 Å². The Morgan fingerprint density at radius 1 is 1.35 bits per heavy atom. The van der Waals surface area contributed by atoms with Gasteiger partial charge in [0.25, 0.3) is 0 Å². The van der Waals surface area contributed by atoms with Gasteiger partial charge in [-0.2, -0.15) is 5.10 Å². The van der Waals surface area contributed by atoms with Crippen molar-refractivity contribution in [3.63, 3.8) is 0 Å². The Hall–Kier alpha value is -1.14. The lowest BCUT2D eigenvalue weighted by atomic mass is 10.2. The molecule has 1 N–H and O–H groups in total. The van der Waals surface area contributed by atoms with Gasteiger partial charge in [-0.1, -0.05) is 0 Å². The number of ether oxygens (including phenoxy) is 1. The summed E-state index contributed by atoms with van der Waals surface area (Å²) in [5, 5.41) is 7.74. The van der Waals surface area contributed by atoms with Crippen molar-refractivity contribution in [2.75, 3.05) is 19.7 Å². The molecule has 0 saturated heterocycles. The number of aryl methyl sites for hydroxylation is 1. The van der Waals surface area contributed by atoms with Crippen molar-refractivity contribution in [3.8, 4) is 0 Å². The van der Waals surface area contributed by atoms with Crippen molar-refractivity contribution in [1.29, 1.82) is 0 Å². The molecule has 0 amide bonds. The number of rotatable bonds is 8. The highest BCUT2D eigenvalue weighted by Gasteiger charge is 2.15. The summed E-state index contributed by atoms with van der Waals surface area (Å²) >= 11 is 0. The minimum absolute atomic E-state index is 0.0460. The molecule has 0 aromatic carbocycles. The lowest BCUT2D eigenvalue weighted by Crippen LogP contribution is -2.30. The van der Waals surface area contributed by atoms with Crippen LogP contribution in [-0.4, -0.2) is 40.1 Å². The topological polar surface area (TPSA) is 61.1 Å². The van der Waals surface area contributed by atoms with E-state index in [-0.39, 0.29) is 5.69 Å². The Morgan fingerprint density at radius 2 is 2.20 bits per heavy atom. The number of nitrogens with one attached hydrogen (secondary N) is 1. The first-order valence-corrected chi connectivity index (χ1v) is 7.67. The van der Waals surface area contributed by atoms with Crippen LogP contribution < -0.4 is 11.0 Å². The van der Waals surface area contributed by atoms with Gasteiger partial charge in [0, 0.05) is 26.1 Å². The molecule has 0 fully saturated rings. The van der Waals surface area contributed by atoms with E-state index in [9.17, 15) is 4.79 Å². The molecule has 0 bridgehead atoms. The summed E-state index contributed by atoms with van der Waals surface area (Å²) in [6.45, 7) is 8.02. The molecule has 6 nitrogen and oxygen atoms in total. The Bertz CT molecular complexity index is 464. The molecular weight excluding hydrogens is 256 g/mol. The van der Waals surface area contributed by atoms with Crippen molar-refractivity contribution < 1.29 is 4.74 Å². The molecule has 6 heteroatoms. The summed E-state index contributed by atoms with van der Waals surface area (Å²) in [6.07, 6.45) is 4.46. The zero-order valence-corrected chi connectivity index (χ0v) is 12.6. The molecule has 20 heavy (non-hydrogen) atoms. The molecule has 114 valence electrons. The number of hydrogen-bond donors (Lipinski definition) is 1. The Balaban J connectivity index is 1.67. The summed E-state index contributed by atoms with van der Waals surface area (Å²) in [4.78, 5) is 12.1. The largest absolute Gasteiger partial charge is 0.379 e. The molecular formula is C14H26N4O2. The first kappa shape index (κ1) is 15.3. The van der Waals surface area contributed by atoms with Gasteiger partial charge in [-0.05, 0) is 39.7 Å². The minimum atomic E-state index is 0.0460. The summed E-state index contributed by atoms with van der Waals surface area (Å²) in [7, 11) is 0. The molecule has 1 aromatic rings. The molecule has 2 rings (SSSR count). The van der Waals surface area contributed by atoms with Gasteiger partial charge >= 0.3 is 5.69 Å². The van der Waals surface area contributed by atoms with E-state index in [1.54, 1.807) is 4.68 Å². The van der Waals surface area contributed by atoms with E-state index in [1.807, 2.05) is 18.4 Å². The minimum Gasteiger partial charge on any atom is -0.379 e. The molecule has 0 unspecified atom stereocenters. The standard InChI is InChI=1S/C14H26N4O2/c1-12(2)20-11-5-7-15-8-10-18-14(19)17-9-4-3-6-13(17)16-18/h12,15H,3-11H2,1-2H3. The summed E-state index contributed by atoms with van der Waals surface area (Å²) < 4.78 is 8.88. The van der Waals surface area contributed by atoms with Crippen LogP contribution in [0.2, 0.25) is 0 Å². The van der Waals surface area contributed by atoms with Gasteiger partial charge in [0.05, 0.1) is 12.6 Å². The summed E-state index contributed by atoms with van der Waals surface area (Å²) in [5.74, 6) is 0.951. The average Bonchev–Trinajstić information content (AvgIpc) is 2.75. The summed E-state index contributed by atoms with van der Waals surface area (Å²) in [5.41, 5.74) is 0.0460. The normalized spacial score (nSPS) is 14.8. The Labute approximate surface area is 120 Å². The van der Waals surface area contributed by atoms with Crippen LogP contribution in [0.4, 0.5) is 0 Å². The molecule has 0 atom stereocenters.